The molecule has 0 aliphatic carbocycles. The average molecular weight is 239 g/mol. The van der Waals surface area contributed by atoms with Crippen molar-refractivity contribution in [2.24, 2.45) is 5.73 Å². The summed E-state index contributed by atoms with van der Waals surface area (Å²) in [6.07, 6.45) is -0.0311. The summed E-state index contributed by atoms with van der Waals surface area (Å²) in [7, 11) is 0. The molecule has 1 atom stereocenters. The van der Waals surface area contributed by atoms with E-state index in [1.807, 2.05) is 0 Å². The van der Waals surface area contributed by atoms with Gasteiger partial charge < -0.3 is 10.8 Å². The largest absolute Gasteiger partial charge is 0.481 e. The van der Waals surface area contributed by atoms with Crippen LogP contribution in [0, 0.1) is 23.5 Å². The normalized spacial score (nSPS) is 11.5. The molecule has 0 bridgehead atoms. The number of hydrogen-bond acceptors (Lipinski definition) is 2. The fourth-order valence-electron chi connectivity index (χ4n) is 1.21. The lowest BCUT2D eigenvalue weighted by Crippen LogP contribution is -2.22. The zero-order valence-electron chi connectivity index (χ0n) is 8.91. The van der Waals surface area contributed by atoms with Gasteiger partial charge in [-0.05, 0) is 12.1 Å². The maximum Gasteiger partial charge on any atom is 0.304 e. The minimum absolute atomic E-state index is 0.157. The SMILES string of the molecule is N[C@@H](CC#Cc1cc(F)cc(F)c1)CC(=O)O. The predicted octanol–water partition coefficient (Wildman–Crippen LogP) is 1.51. The van der Waals surface area contributed by atoms with Crippen molar-refractivity contribution in [1.82, 2.24) is 0 Å². The molecule has 3 N–H and O–H groups in total. The number of rotatable bonds is 3. The molecular weight excluding hydrogens is 228 g/mol. The number of carbonyl (C=O) groups is 1. The summed E-state index contributed by atoms with van der Waals surface area (Å²) in [6, 6.07) is 2.36. The Balaban J connectivity index is 2.62. The Labute approximate surface area is 97.2 Å². The highest BCUT2D eigenvalue weighted by atomic mass is 19.1. The van der Waals surface area contributed by atoms with Crippen LogP contribution in [0.5, 0.6) is 0 Å². The van der Waals surface area contributed by atoms with E-state index < -0.39 is 23.6 Å². The Kier molecular flexibility index (Phi) is 4.61. The van der Waals surface area contributed by atoms with Crippen molar-refractivity contribution in [3.63, 3.8) is 0 Å². The Morgan fingerprint density at radius 3 is 2.47 bits per heavy atom. The number of benzene rings is 1. The lowest BCUT2D eigenvalue weighted by molar-refractivity contribution is -0.137. The van der Waals surface area contributed by atoms with Crippen LogP contribution in [0.4, 0.5) is 8.78 Å². The summed E-state index contributed by atoms with van der Waals surface area (Å²) in [6.45, 7) is 0. The van der Waals surface area contributed by atoms with E-state index in [0.717, 1.165) is 18.2 Å². The van der Waals surface area contributed by atoms with E-state index in [0.29, 0.717) is 0 Å². The van der Waals surface area contributed by atoms with Crippen LogP contribution in [0.3, 0.4) is 0 Å². The molecule has 0 saturated carbocycles. The quantitative estimate of drug-likeness (QED) is 0.786. The summed E-state index contributed by atoms with van der Waals surface area (Å²) >= 11 is 0. The molecule has 0 radical (unpaired) electrons. The molecular formula is C12H11F2NO2. The summed E-state index contributed by atoms with van der Waals surface area (Å²) in [5.74, 6) is 2.70. The second kappa shape index (κ2) is 5.97. The monoisotopic (exact) mass is 239 g/mol. The highest BCUT2D eigenvalue weighted by molar-refractivity contribution is 5.67. The van der Waals surface area contributed by atoms with E-state index in [4.69, 9.17) is 10.8 Å². The van der Waals surface area contributed by atoms with Crippen LogP contribution in [0.2, 0.25) is 0 Å². The van der Waals surface area contributed by atoms with Gasteiger partial charge in [-0.25, -0.2) is 8.78 Å². The lowest BCUT2D eigenvalue weighted by atomic mass is 10.1. The molecule has 1 rings (SSSR count). The van der Waals surface area contributed by atoms with Gasteiger partial charge in [0.2, 0.25) is 0 Å². The fraction of sp³-hybridized carbons (Fsp3) is 0.250. The van der Waals surface area contributed by atoms with Gasteiger partial charge in [0.25, 0.3) is 0 Å². The summed E-state index contributed by atoms with van der Waals surface area (Å²) < 4.78 is 25.6. The van der Waals surface area contributed by atoms with E-state index in [9.17, 15) is 13.6 Å². The summed E-state index contributed by atoms with van der Waals surface area (Å²) in [4.78, 5) is 10.3. The van der Waals surface area contributed by atoms with Crippen molar-refractivity contribution in [2.45, 2.75) is 18.9 Å². The maximum absolute atomic E-state index is 12.8. The molecule has 5 heteroatoms. The molecule has 1 aromatic rings. The number of hydrogen-bond donors (Lipinski definition) is 2. The molecule has 0 saturated heterocycles. The van der Waals surface area contributed by atoms with Crippen LogP contribution in [-0.2, 0) is 4.79 Å². The van der Waals surface area contributed by atoms with E-state index >= 15 is 0 Å². The second-order valence-corrected chi connectivity index (χ2v) is 3.52. The number of aliphatic carboxylic acids is 1. The van der Waals surface area contributed by atoms with Crippen molar-refractivity contribution in [1.29, 1.82) is 0 Å². The van der Waals surface area contributed by atoms with Crippen LogP contribution in [0.1, 0.15) is 18.4 Å². The minimum atomic E-state index is -1.00. The first-order chi connectivity index (χ1) is 7.97. The summed E-state index contributed by atoms with van der Waals surface area (Å²) in [5, 5.41) is 8.45. The maximum atomic E-state index is 12.8. The topological polar surface area (TPSA) is 63.3 Å². The molecule has 0 aliphatic heterocycles. The Hall–Kier alpha value is -1.93. The van der Waals surface area contributed by atoms with Gasteiger partial charge in [-0.3, -0.25) is 4.79 Å². The molecule has 0 heterocycles. The zero-order valence-corrected chi connectivity index (χ0v) is 8.91. The highest BCUT2D eigenvalue weighted by Crippen LogP contribution is 2.06. The standard InChI is InChI=1S/C12H11F2NO2/c13-9-4-8(5-10(14)6-9)2-1-3-11(15)7-12(16)17/h4-6,11H,3,7,15H2,(H,16,17)/t11-/m0/s1. The molecule has 0 aliphatic rings. The van der Waals surface area contributed by atoms with Crippen LogP contribution in [-0.4, -0.2) is 17.1 Å². The molecule has 0 unspecified atom stereocenters. The lowest BCUT2D eigenvalue weighted by Gasteiger charge is -2.01. The molecule has 0 fully saturated rings. The third-order valence-electron chi connectivity index (χ3n) is 1.90. The van der Waals surface area contributed by atoms with Gasteiger partial charge in [0.15, 0.2) is 0 Å². The smallest absolute Gasteiger partial charge is 0.304 e. The number of carboxylic acids is 1. The first-order valence-corrected chi connectivity index (χ1v) is 4.89. The van der Waals surface area contributed by atoms with Crippen LogP contribution < -0.4 is 5.73 Å². The van der Waals surface area contributed by atoms with Gasteiger partial charge in [0.1, 0.15) is 11.6 Å². The number of halogens is 2. The molecule has 0 aromatic heterocycles. The molecule has 0 amide bonds. The first kappa shape index (κ1) is 13.1. The first-order valence-electron chi connectivity index (χ1n) is 4.89. The van der Waals surface area contributed by atoms with E-state index in [1.165, 1.54) is 0 Å². The Morgan fingerprint density at radius 1 is 1.35 bits per heavy atom. The van der Waals surface area contributed by atoms with E-state index in [-0.39, 0.29) is 18.4 Å². The predicted molar refractivity (Wildman–Crippen MR) is 58.1 cm³/mol. The average Bonchev–Trinajstić information content (AvgIpc) is 2.14. The molecule has 3 nitrogen and oxygen atoms in total. The second-order valence-electron chi connectivity index (χ2n) is 3.52. The third-order valence-corrected chi connectivity index (χ3v) is 1.90. The minimum Gasteiger partial charge on any atom is -0.481 e. The van der Waals surface area contributed by atoms with Crippen LogP contribution in [0.15, 0.2) is 18.2 Å². The Bertz CT molecular complexity index is 457. The van der Waals surface area contributed by atoms with Crippen molar-refractivity contribution < 1.29 is 18.7 Å². The van der Waals surface area contributed by atoms with Gasteiger partial charge in [-0.15, -0.1) is 0 Å². The van der Waals surface area contributed by atoms with Gasteiger partial charge in [0.05, 0.1) is 6.42 Å². The molecule has 17 heavy (non-hydrogen) atoms. The highest BCUT2D eigenvalue weighted by Gasteiger charge is 2.05. The van der Waals surface area contributed by atoms with Crippen LogP contribution in [0.25, 0.3) is 0 Å². The fourth-order valence-corrected chi connectivity index (χ4v) is 1.21. The van der Waals surface area contributed by atoms with E-state index in [1.54, 1.807) is 0 Å². The van der Waals surface area contributed by atoms with Crippen molar-refractivity contribution in [2.75, 3.05) is 0 Å². The van der Waals surface area contributed by atoms with Gasteiger partial charge in [-0.1, -0.05) is 11.8 Å². The van der Waals surface area contributed by atoms with E-state index in [2.05, 4.69) is 11.8 Å². The number of nitrogens with two attached hydrogens (primary N) is 1. The molecule has 90 valence electrons. The van der Waals surface area contributed by atoms with Crippen LogP contribution >= 0.6 is 0 Å². The molecule has 0 spiro atoms. The zero-order chi connectivity index (χ0) is 12.8. The third kappa shape index (κ3) is 5.09. The van der Waals surface area contributed by atoms with Gasteiger partial charge >= 0.3 is 5.97 Å². The molecule has 1 aromatic carbocycles. The summed E-state index contributed by atoms with van der Waals surface area (Å²) in [5.41, 5.74) is 5.67. The Morgan fingerprint density at radius 2 is 1.94 bits per heavy atom. The van der Waals surface area contributed by atoms with Gasteiger partial charge in [0, 0.05) is 24.1 Å². The number of carboxylic acid groups (broad SMARTS) is 1. The van der Waals surface area contributed by atoms with Gasteiger partial charge in [-0.2, -0.15) is 0 Å². The van der Waals surface area contributed by atoms with Crippen molar-refractivity contribution >= 4 is 5.97 Å². The van der Waals surface area contributed by atoms with Crippen molar-refractivity contribution in [3.8, 4) is 11.8 Å². The van der Waals surface area contributed by atoms with Crippen molar-refractivity contribution in [3.05, 3.63) is 35.4 Å².